The first kappa shape index (κ1) is 18.3. The van der Waals surface area contributed by atoms with Gasteiger partial charge < -0.3 is 19.9 Å². The average Bonchev–Trinajstić information content (AvgIpc) is 2.74. The fourth-order valence-corrected chi connectivity index (χ4v) is 3.92. The summed E-state index contributed by atoms with van der Waals surface area (Å²) in [6.45, 7) is 3.23. The Morgan fingerprint density at radius 1 is 1.32 bits per heavy atom. The number of ether oxygens (including phenoxy) is 1. The quantitative estimate of drug-likeness (QED) is 0.883. The number of amides is 3. The standard InChI is InChI=1S/C21H24N4O3/c1-2-24-18-12-16(8-9-19(18)28-14-20(24)26)23-21(27)25-11-4-3-7-17(25)15-6-5-10-22-13-15/h5-6,8-10,12-13,17H,2-4,7,11,14H2,1H3,(H,23,27). The fraction of sp³-hybridized carbons (Fsp3) is 0.381. The molecule has 2 aliphatic rings. The summed E-state index contributed by atoms with van der Waals surface area (Å²) in [6, 6.07) is 9.22. The van der Waals surface area contributed by atoms with Crippen LogP contribution in [0.15, 0.2) is 42.7 Å². The van der Waals surface area contributed by atoms with Gasteiger partial charge in [-0.25, -0.2) is 4.79 Å². The maximum absolute atomic E-state index is 13.0. The highest BCUT2D eigenvalue weighted by molar-refractivity contribution is 5.99. The molecule has 0 bridgehead atoms. The maximum Gasteiger partial charge on any atom is 0.322 e. The number of benzene rings is 1. The number of urea groups is 1. The first-order valence-corrected chi connectivity index (χ1v) is 9.72. The van der Waals surface area contributed by atoms with Crippen molar-refractivity contribution < 1.29 is 14.3 Å². The van der Waals surface area contributed by atoms with E-state index in [1.54, 1.807) is 23.2 Å². The number of carbonyl (C=O) groups excluding carboxylic acids is 2. The van der Waals surface area contributed by atoms with E-state index in [0.717, 1.165) is 24.8 Å². The number of anilines is 2. The minimum Gasteiger partial charge on any atom is -0.482 e. The zero-order valence-corrected chi connectivity index (χ0v) is 15.9. The highest BCUT2D eigenvalue weighted by Crippen LogP contribution is 2.35. The normalized spacial score (nSPS) is 19.0. The molecule has 1 atom stereocenters. The summed E-state index contributed by atoms with van der Waals surface area (Å²) in [4.78, 5) is 32.8. The van der Waals surface area contributed by atoms with Gasteiger partial charge in [-0.2, -0.15) is 0 Å². The molecule has 4 rings (SSSR count). The van der Waals surface area contributed by atoms with E-state index in [1.165, 1.54) is 0 Å². The molecule has 7 heteroatoms. The number of fused-ring (bicyclic) bond motifs is 1. The predicted octanol–water partition coefficient (Wildman–Crippen LogP) is 3.59. The lowest BCUT2D eigenvalue weighted by Crippen LogP contribution is -2.41. The van der Waals surface area contributed by atoms with Gasteiger partial charge in [0.25, 0.3) is 5.91 Å². The van der Waals surface area contributed by atoms with Crippen LogP contribution in [0.5, 0.6) is 5.75 Å². The number of pyridine rings is 1. The Kier molecular flexibility index (Phi) is 5.14. The minimum absolute atomic E-state index is 0.0251. The van der Waals surface area contributed by atoms with Gasteiger partial charge in [0.15, 0.2) is 6.61 Å². The molecule has 1 aromatic carbocycles. The highest BCUT2D eigenvalue weighted by Gasteiger charge is 2.29. The Labute approximate surface area is 164 Å². The number of hydrogen-bond donors (Lipinski definition) is 1. The monoisotopic (exact) mass is 380 g/mol. The van der Waals surface area contributed by atoms with Crippen molar-refractivity contribution in [1.82, 2.24) is 9.88 Å². The summed E-state index contributed by atoms with van der Waals surface area (Å²) < 4.78 is 5.50. The van der Waals surface area contributed by atoms with Crippen LogP contribution in [0, 0.1) is 0 Å². The number of piperidine rings is 1. The minimum atomic E-state index is -0.139. The first-order valence-electron chi connectivity index (χ1n) is 9.72. The third kappa shape index (κ3) is 3.52. The summed E-state index contributed by atoms with van der Waals surface area (Å²) in [7, 11) is 0. The van der Waals surface area contributed by atoms with Gasteiger partial charge >= 0.3 is 6.03 Å². The topological polar surface area (TPSA) is 74.8 Å². The van der Waals surface area contributed by atoms with E-state index in [9.17, 15) is 9.59 Å². The largest absolute Gasteiger partial charge is 0.482 e. The van der Waals surface area contributed by atoms with Crippen molar-refractivity contribution in [2.45, 2.75) is 32.2 Å². The lowest BCUT2D eigenvalue weighted by atomic mass is 9.97. The lowest BCUT2D eigenvalue weighted by molar-refractivity contribution is -0.121. The molecule has 1 fully saturated rings. The van der Waals surface area contributed by atoms with Gasteiger partial charge in [-0.05, 0) is 56.0 Å². The van der Waals surface area contributed by atoms with Crippen LogP contribution >= 0.6 is 0 Å². The van der Waals surface area contributed by atoms with Gasteiger partial charge in [0.1, 0.15) is 5.75 Å². The number of aromatic nitrogens is 1. The summed E-state index contributed by atoms with van der Waals surface area (Å²) in [5, 5.41) is 2.99. The van der Waals surface area contributed by atoms with Gasteiger partial charge in [0.2, 0.25) is 0 Å². The summed E-state index contributed by atoms with van der Waals surface area (Å²) in [5.41, 5.74) is 2.40. The van der Waals surface area contributed by atoms with Crippen LogP contribution in [-0.4, -0.2) is 41.5 Å². The molecule has 2 aliphatic heterocycles. The van der Waals surface area contributed by atoms with Crippen molar-refractivity contribution in [1.29, 1.82) is 0 Å². The fourth-order valence-electron chi connectivity index (χ4n) is 3.92. The van der Waals surface area contributed by atoms with Crippen LogP contribution in [0.3, 0.4) is 0 Å². The van der Waals surface area contributed by atoms with E-state index < -0.39 is 0 Å². The summed E-state index contributed by atoms with van der Waals surface area (Å²) in [6.07, 6.45) is 6.58. The Bertz CT molecular complexity index is 871. The molecule has 0 spiro atoms. The number of likely N-dealkylation sites (tertiary alicyclic amines) is 1. The summed E-state index contributed by atoms with van der Waals surface area (Å²) in [5.74, 6) is 0.580. The van der Waals surface area contributed by atoms with Gasteiger partial charge in [-0.15, -0.1) is 0 Å². The Balaban J connectivity index is 1.54. The molecule has 146 valence electrons. The van der Waals surface area contributed by atoms with Crippen molar-refractivity contribution in [2.75, 3.05) is 29.9 Å². The van der Waals surface area contributed by atoms with Crippen LogP contribution in [0.25, 0.3) is 0 Å². The number of hydrogen-bond acceptors (Lipinski definition) is 4. The van der Waals surface area contributed by atoms with Gasteiger partial charge in [0.05, 0.1) is 11.7 Å². The van der Waals surface area contributed by atoms with E-state index in [0.29, 0.717) is 30.2 Å². The second-order valence-electron chi connectivity index (χ2n) is 7.03. The van der Waals surface area contributed by atoms with E-state index >= 15 is 0 Å². The molecule has 7 nitrogen and oxygen atoms in total. The van der Waals surface area contributed by atoms with Gasteiger partial charge in [-0.3, -0.25) is 9.78 Å². The van der Waals surface area contributed by atoms with Crippen molar-refractivity contribution in [3.8, 4) is 5.75 Å². The van der Waals surface area contributed by atoms with E-state index in [2.05, 4.69) is 10.3 Å². The molecule has 1 N–H and O–H groups in total. The molecule has 0 saturated carbocycles. The highest BCUT2D eigenvalue weighted by atomic mass is 16.5. The molecule has 1 unspecified atom stereocenters. The van der Waals surface area contributed by atoms with Gasteiger partial charge in [-0.1, -0.05) is 6.07 Å². The molecule has 0 aliphatic carbocycles. The number of likely N-dealkylation sites (N-methyl/N-ethyl adjacent to an activating group) is 1. The van der Waals surface area contributed by atoms with Crippen LogP contribution in [0.4, 0.5) is 16.2 Å². The molecule has 3 heterocycles. The van der Waals surface area contributed by atoms with Crippen molar-refractivity contribution in [2.24, 2.45) is 0 Å². The second kappa shape index (κ2) is 7.88. The van der Waals surface area contributed by atoms with Crippen molar-refractivity contribution >= 4 is 23.3 Å². The number of rotatable bonds is 3. The average molecular weight is 380 g/mol. The molecule has 1 saturated heterocycles. The maximum atomic E-state index is 13.0. The molecule has 1 aromatic heterocycles. The zero-order valence-electron chi connectivity index (χ0n) is 15.9. The molecule has 28 heavy (non-hydrogen) atoms. The van der Waals surface area contributed by atoms with Crippen molar-refractivity contribution in [3.63, 3.8) is 0 Å². The number of nitrogens with zero attached hydrogens (tertiary/aromatic N) is 3. The van der Waals surface area contributed by atoms with E-state index in [4.69, 9.17) is 4.74 Å². The number of nitrogens with one attached hydrogen (secondary N) is 1. The van der Waals surface area contributed by atoms with Crippen LogP contribution in [0.2, 0.25) is 0 Å². The van der Waals surface area contributed by atoms with Crippen LogP contribution < -0.4 is 15.0 Å². The Hall–Kier alpha value is -3.09. The van der Waals surface area contributed by atoms with Gasteiger partial charge in [0, 0.05) is 31.2 Å². The van der Waals surface area contributed by atoms with E-state index in [1.807, 2.05) is 36.2 Å². The Morgan fingerprint density at radius 2 is 2.21 bits per heavy atom. The molecule has 0 radical (unpaired) electrons. The predicted molar refractivity (Wildman–Crippen MR) is 107 cm³/mol. The lowest BCUT2D eigenvalue weighted by Gasteiger charge is -2.36. The smallest absolute Gasteiger partial charge is 0.322 e. The van der Waals surface area contributed by atoms with Crippen LogP contribution in [-0.2, 0) is 4.79 Å². The molecular formula is C21H24N4O3. The third-order valence-electron chi connectivity index (χ3n) is 5.30. The third-order valence-corrected chi connectivity index (χ3v) is 5.30. The Morgan fingerprint density at radius 3 is 3.00 bits per heavy atom. The molecular weight excluding hydrogens is 356 g/mol. The SMILES string of the molecule is CCN1C(=O)COc2ccc(NC(=O)N3CCCCC3c3cccnc3)cc21. The zero-order chi connectivity index (χ0) is 19.5. The molecule has 2 aromatic rings. The first-order chi connectivity index (χ1) is 13.7. The second-order valence-corrected chi connectivity index (χ2v) is 7.03. The molecule has 3 amide bonds. The van der Waals surface area contributed by atoms with Crippen molar-refractivity contribution in [3.05, 3.63) is 48.3 Å². The van der Waals surface area contributed by atoms with Crippen LogP contribution in [0.1, 0.15) is 37.8 Å². The van der Waals surface area contributed by atoms with E-state index in [-0.39, 0.29) is 24.6 Å². The number of carbonyl (C=O) groups is 2. The summed E-state index contributed by atoms with van der Waals surface area (Å²) >= 11 is 0.